The summed E-state index contributed by atoms with van der Waals surface area (Å²) in [5.74, 6) is 0. The molecule has 2 unspecified atom stereocenters. The fraction of sp³-hybridized carbons (Fsp3) is 0. The predicted octanol–water partition coefficient (Wildman–Crippen LogP) is -12.1. The maximum Gasteiger partial charge on any atom is 1.00 e. The van der Waals surface area contributed by atoms with E-state index in [0.717, 1.165) is 0 Å². The van der Waals surface area contributed by atoms with Crippen LogP contribution in [0.15, 0.2) is 0 Å². The van der Waals surface area contributed by atoms with E-state index in [1.54, 1.807) is 0 Å². The van der Waals surface area contributed by atoms with Gasteiger partial charge in [0.05, 0.1) is 10.1 Å². The van der Waals surface area contributed by atoms with E-state index in [1.165, 1.54) is 0 Å². The van der Waals surface area contributed by atoms with Gasteiger partial charge in [0.1, 0.15) is 0 Å². The minimum Gasteiger partial charge on any atom is -0.760 e. The topological polar surface area (TPSA) is 338 Å². The van der Waals surface area contributed by atoms with Crippen molar-refractivity contribution in [2.24, 2.45) is 0 Å². The third-order valence-electron chi connectivity index (χ3n) is 0.311. The first-order valence-corrected chi connectivity index (χ1v) is 9.31. The Balaban J connectivity index is -0.0000000285. The molecule has 2 atom stereocenters. The molecule has 142 valence electrons. The Morgan fingerprint density at radius 1 is 0.720 bits per heavy atom. The second-order valence-electron chi connectivity index (χ2n) is 1.60. The van der Waals surface area contributed by atoms with Gasteiger partial charge in [0, 0.05) is 0 Å². The van der Waals surface area contributed by atoms with E-state index in [0.29, 0.717) is 0 Å². The summed E-state index contributed by atoms with van der Waals surface area (Å²) in [6.07, 6.45) is 0. The Morgan fingerprint density at radius 3 is 0.880 bits per heavy atom. The van der Waals surface area contributed by atoms with E-state index in [9.17, 15) is 30.1 Å². The summed E-state index contributed by atoms with van der Waals surface area (Å²) in [7, 11) is -16.2. The van der Waals surface area contributed by atoms with Crippen LogP contribution in [0.5, 0.6) is 0 Å². The first kappa shape index (κ1) is 51.0. The van der Waals surface area contributed by atoms with E-state index < -0.39 is 52.4 Å². The molecule has 17 nitrogen and oxygen atoms in total. The molecule has 0 saturated carbocycles. The van der Waals surface area contributed by atoms with E-state index >= 15 is 0 Å². The number of hydrogen-bond acceptors (Lipinski definition) is 14. The molecule has 0 spiro atoms. The van der Waals surface area contributed by atoms with E-state index in [4.69, 9.17) is 26.6 Å². The van der Waals surface area contributed by atoms with Crippen LogP contribution in [-0.4, -0.2) is 56.8 Å². The Morgan fingerprint density at radius 2 is 0.840 bits per heavy atom. The molecule has 0 saturated heterocycles. The van der Waals surface area contributed by atoms with Gasteiger partial charge in [-0.3, -0.25) is 17.9 Å². The van der Waals surface area contributed by atoms with Gasteiger partial charge in [0.2, 0.25) is 30.9 Å². The average Bonchev–Trinajstić information content (AvgIpc) is 2.12. The molecule has 0 aromatic carbocycles. The molecule has 0 aliphatic heterocycles. The first-order chi connectivity index (χ1) is 8.58. The molecule has 0 heterocycles. The Bertz CT molecular complexity index is 492. The molecule has 0 rings (SSSR count). The van der Waals surface area contributed by atoms with Crippen LogP contribution in [0.3, 0.4) is 0 Å². The van der Waals surface area contributed by atoms with Crippen molar-refractivity contribution in [2.75, 3.05) is 0 Å². The summed E-state index contributed by atoms with van der Waals surface area (Å²) in [4.78, 5) is 0. The third kappa shape index (κ3) is 86.2. The Labute approximate surface area is 215 Å². The minimum absolute atomic E-state index is 0. The largest absolute Gasteiger partial charge is 1.00 e. The van der Waals surface area contributed by atoms with Crippen LogP contribution in [0.2, 0.25) is 0 Å². The monoisotopic (exact) mass is 506 g/mol. The van der Waals surface area contributed by atoms with E-state index in [2.05, 4.69) is 8.67 Å². The Kier molecular flexibility index (Phi) is 55.0. The van der Waals surface area contributed by atoms with Gasteiger partial charge in [-0.05, 0) is 0 Å². The molecule has 0 aromatic rings. The van der Waals surface area contributed by atoms with Gasteiger partial charge in [-0.15, -0.1) is 8.67 Å². The second-order valence-corrected chi connectivity index (χ2v) is 6.49. The van der Waals surface area contributed by atoms with Crippen molar-refractivity contribution < 1.29 is 154 Å². The van der Waals surface area contributed by atoms with Crippen LogP contribution in [0, 0.1) is 0 Å². The van der Waals surface area contributed by atoms with Gasteiger partial charge < -0.3 is 26.0 Å². The molecule has 0 radical (unpaired) electrons. The van der Waals surface area contributed by atoms with Gasteiger partial charge in [-0.2, -0.15) is 4.21 Å². The summed E-state index contributed by atoms with van der Waals surface area (Å²) in [5.41, 5.74) is 0. The van der Waals surface area contributed by atoms with Crippen molar-refractivity contribution in [3.8, 4) is 0 Å². The fourth-order valence-corrected chi connectivity index (χ4v) is 0.612. The SMILES string of the molecule is N.N.O=S(=O)([O-])OOS(=O)(=O)[O-].O=S(O)O.O=S([O-])S(=O)O.[Na+].[Na+].[Na+]. The zero-order chi connectivity index (χ0) is 17.1. The maximum atomic E-state index is 9.37. The van der Waals surface area contributed by atoms with Gasteiger partial charge in [-0.1, -0.05) is 0 Å². The van der Waals surface area contributed by atoms with Gasteiger partial charge >= 0.3 is 88.7 Å². The molecule has 25 heteroatoms. The molecule has 0 fully saturated rings. The van der Waals surface area contributed by atoms with Crippen molar-refractivity contribution in [3.05, 3.63) is 0 Å². The van der Waals surface area contributed by atoms with Crippen molar-refractivity contribution >= 4 is 52.4 Å². The fourth-order valence-electron chi connectivity index (χ4n) is 0.0680. The van der Waals surface area contributed by atoms with Gasteiger partial charge in [0.15, 0.2) is 0 Å². The smallest absolute Gasteiger partial charge is 0.760 e. The van der Waals surface area contributed by atoms with Crippen molar-refractivity contribution in [1.29, 1.82) is 0 Å². The minimum atomic E-state index is -5.31. The zero-order valence-corrected chi connectivity index (χ0v) is 22.8. The predicted molar refractivity (Wildman–Crippen MR) is 64.7 cm³/mol. The second kappa shape index (κ2) is 27.0. The normalized spacial score (nSPS) is 11.5. The average molecular weight is 506 g/mol. The van der Waals surface area contributed by atoms with Gasteiger partial charge in [0.25, 0.3) is 11.4 Å². The summed E-state index contributed by atoms with van der Waals surface area (Å²) in [6, 6.07) is 0. The van der Waals surface area contributed by atoms with Crippen LogP contribution in [0.1, 0.15) is 0 Å². The number of hydrogen-bond donors (Lipinski definition) is 5. The number of rotatable bonds is 4. The van der Waals surface area contributed by atoms with Crippen LogP contribution in [-0.2, 0) is 61.1 Å². The van der Waals surface area contributed by atoms with E-state index in [-0.39, 0.29) is 101 Å². The molecule has 25 heavy (non-hydrogen) atoms. The third-order valence-corrected chi connectivity index (χ3v) is 1.80. The molecule has 0 aliphatic carbocycles. The molecule has 0 amide bonds. The quantitative estimate of drug-likeness (QED) is 0.0449. The van der Waals surface area contributed by atoms with Crippen LogP contribution in [0.4, 0.5) is 0 Å². The van der Waals surface area contributed by atoms with Crippen LogP contribution < -0.4 is 101 Å². The molecule has 0 aliphatic rings. The summed E-state index contributed by atoms with van der Waals surface area (Å²) in [6.45, 7) is 0. The van der Waals surface area contributed by atoms with Crippen molar-refractivity contribution in [2.45, 2.75) is 0 Å². The van der Waals surface area contributed by atoms with Crippen LogP contribution >= 0.6 is 0 Å². The summed E-state index contributed by atoms with van der Waals surface area (Å²) >= 11 is -2.61. The van der Waals surface area contributed by atoms with Crippen LogP contribution in [0.25, 0.3) is 0 Å². The van der Waals surface area contributed by atoms with E-state index in [1.807, 2.05) is 0 Å². The molecular weight excluding hydrogens is 497 g/mol. The van der Waals surface area contributed by atoms with Crippen molar-refractivity contribution in [3.63, 3.8) is 0 Å². The summed E-state index contributed by atoms with van der Waals surface area (Å²) in [5, 5.41) is 0. The molecule has 0 bridgehead atoms. The molecule has 9 N–H and O–H groups in total. The first-order valence-electron chi connectivity index (χ1n) is 2.88. The maximum absolute atomic E-state index is 9.37. The standard InChI is InChI=1S/2H3N.3Na.H2O8S2.H2O4S2.H2O3S/c;;;;;1-9(2,3)7-8-10(4,5)6;1-5(2)6(3)4;1-4(2)3/h2*1H3;;;;(H,1,2,3)(H,4,5,6);(H,1,2)(H,3,4);(H2,1,2,3)/q;;3*+1;;;/p-3. The zero-order valence-electron chi connectivity index (χ0n) is 12.7. The van der Waals surface area contributed by atoms with Gasteiger partial charge in [-0.25, -0.2) is 21.0 Å². The molecular formula is H9N2Na3O15S5. The Hall–Kier alpha value is 2.95. The summed E-state index contributed by atoms with van der Waals surface area (Å²) < 4.78 is 119. The van der Waals surface area contributed by atoms with Crippen molar-refractivity contribution in [1.82, 2.24) is 12.3 Å². The molecule has 0 aromatic heterocycles.